The molecule has 4 aromatic carbocycles. The Bertz CT molecular complexity index is 1080. The van der Waals surface area contributed by atoms with E-state index in [-0.39, 0.29) is 11.5 Å². The van der Waals surface area contributed by atoms with E-state index in [9.17, 15) is 14.8 Å². The van der Waals surface area contributed by atoms with E-state index in [1.165, 1.54) is 12.1 Å². The van der Waals surface area contributed by atoms with Crippen molar-refractivity contribution in [3.8, 4) is 33.8 Å². The van der Waals surface area contributed by atoms with Crippen LogP contribution in [0.15, 0.2) is 107 Å². The van der Waals surface area contributed by atoms with E-state index in [1.54, 1.807) is 24.3 Å². The van der Waals surface area contributed by atoms with Gasteiger partial charge >= 0.3 is 0 Å². The molecule has 0 saturated carbocycles. The zero-order valence-corrected chi connectivity index (χ0v) is 15.8. The van der Waals surface area contributed by atoms with Crippen molar-refractivity contribution in [2.45, 2.75) is 9.79 Å². The fraction of sp³-hybridized carbons (Fsp3) is 0. The van der Waals surface area contributed by atoms with Gasteiger partial charge in [-0.05, 0) is 47.5 Å². The highest BCUT2D eigenvalue weighted by Gasteiger charge is 2.25. The number of hydrogen-bond acceptors (Lipinski definition) is 3. The van der Waals surface area contributed by atoms with E-state index in [4.69, 9.17) is 0 Å². The maximum atomic E-state index is 13.4. The Morgan fingerprint density at radius 1 is 0.571 bits per heavy atom. The zero-order chi connectivity index (χ0) is 19.5. The molecule has 1 unspecified atom stereocenters. The van der Waals surface area contributed by atoms with Gasteiger partial charge in [-0.3, -0.25) is 0 Å². The first-order chi connectivity index (χ1) is 13.6. The van der Waals surface area contributed by atoms with Crippen molar-refractivity contribution in [1.82, 2.24) is 0 Å². The van der Waals surface area contributed by atoms with E-state index in [1.807, 2.05) is 60.7 Å². The third kappa shape index (κ3) is 3.48. The van der Waals surface area contributed by atoms with Gasteiger partial charge in [0.15, 0.2) is 9.79 Å². The molecular weight excluding hydrogens is 368 g/mol. The van der Waals surface area contributed by atoms with Gasteiger partial charge in [0.2, 0.25) is 0 Å². The van der Waals surface area contributed by atoms with Crippen molar-refractivity contribution in [1.29, 1.82) is 0 Å². The van der Waals surface area contributed by atoms with Crippen LogP contribution in [-0.2, 0) is 11.2 Å². The molecule has 0 heterocycles. The number of aromatic hydroxyl groups is 2. The lowest BCUT2D eigenvalue weighted by Crippen LogP contribution is -2.05. The van der Waals surface area contributed by atoms with Gasteiger partial charge in [0.05, 0.1) is 0 Å². The van der Waals surface area contributed by atoms with Crippen LogP contribution in [0.4, 0.5) is 0 Å². The van der Waals surface area contributed by atoms with Crippen LogP contribution in [0.1, 0.15) is 0 Å². The second-order valence-electron chi connectivity index (χ2n) is 6.33. The molecular formula is C24H18O3S. The van der Waals surface area contributed by atoms with Crippen molar-refractivity contribution in [3.63, 3.8) is 0 Å². The molecule has 3 nitrogen and oxygen atoms in total. The third-order valence-electron chi connectivity index (χ3n) is 4.52. The SMILES string of the molecule is [O-][S+](c1ccc(O)cc1)c1ccc(O)c(-c2ccccc2)c1-c1ccccc1. The van der Waals surface area contributed by atoms with Gasteiger partial charge in [-0.2, -0.15) is 0 Å². The van der Waals surface area contributed by atoms with Gasteiger partial charge in [-0.15, -0.1) is 0 Å². The lowest BCUT2D eigenvalue weighted by Gasteiger charge is -2.18. The summed E-state index contributed by atoms with van der Waals surface area (Å²) in [6.07, 6.45) is 0. The highest BCUT2D eigenvalue weighted by molar-refractivity contribution is 7.91. The van der Waals surface area contributed by atoms with Gasteiger partial charge in [0, 0.05) is 22.3 Å². The summed E-state index contributed by atoms with van der Waals surface area (Å²) in [5, 5.41) is 20.2. The summed E-state index contributed by atoms with van der Waals surface area (Å²) in [6.45, 7) is 0. The molecule has 0 radical (unpaired) electrons. The Labute approximate surface area is 166 Å². The molecule has 4 aromatic rings. The summed E-state index contributed by atoms with van der Waals surface area (Å²) in [6, 6.07) is 28.9. The average Bonchev–Trinajstić information content (AvgIpc) is 2.75. The van der Waals surface area contributed by atoms with E-state index in [0.29, 0.717) is 15.4 Å². The molecule has 1 atom stereocenters. The van der Waals surface area contributed by atoms with Crippen molar-refractivity contribution < 1.29 is 14.8 Å². The Morgan fingerprint density at radius 2 is 1.11 bits per heavy atom. The predicted octanol–water partition coefficient (Wildman–Crippen LogP) is 5.60. The number of hydrogen-bond donors (Lipinski definition) is 2. The Kier molecular flexibility index (Phi) is 5.06. The fourth-order valence-corrected chi connectivity index (χ4v) is 4.45. The average molecular weight is 386 g/mol. The van der Waals surface area contributed by atoms with Crippen molar-refractivity contribution in [2.75, 3.05) is 0 Å². The molecule has 0 fully saturated rings. The molecule has 138 valence electrons. The molecule has 0 aliphatic heterocycles. The van der Waals surface area contributed by atoms with Gasteiger partial charge in [-0.1, -0.05) is 60.7 Å². The number of phenols is 2. The van der Waals surface area contributed by atoms with Crippen LogP contribution in [-0.4, -0.2) is 14.8 Å². The molecule has 0 aromatic heterocycles. The molecule has 4 heteroatoms. The second kappa shape index (κ2) is 7.80. The fourth-order valence-electron chi connectivity index (χ4n) is 3.21. The monoisotopic (exact) mass is 386 g/mol. The molecule has 0 aliphatic rings. The molecule has 0 spiro atoms. The predicted molar refractivity (Wildman–Crippen MR) is 112 cm³/mol. The van der Waals surface area contributed by atoms with Crippen LogP contribution in [0, 0.1) is 0 Å². The molecule has 0 saturated heterocycles. The summed E-state index contributed by atoms with van der Waals surface area (Å²) in [4.78, 5) is 1.19. The Balaban J connectivity index is 1.98. The summed E-state index contributed by atoms with van der Waals surface area (Å²) < 4.78 is 13.4. The normalized spacial score (nSPS) is 11.9. The molecule has 0 amide bonds. The maximum absolute atomic E-state index is 13.4. The first-order valence-corrected chi connectivity index (χ1v) is 9.98. The van der Waals surface area contributed by atoms with Crippen LogP contribution in [0.2, 0.25) is 0 Å². The molecule has 0 aliphatic carbocycles. The molecule has 2 N–H and O–H groups in total. The summed E-state index contributed by atoms with van der Waals surface area (Å²) in [5.41, 5.74) is 3.11. The maximum Gasteiger partial charge on any atom is 0.167 e. The summed E-state index contributed by atoms with van der Waals surface area (Å²) in [7, 11) is 0. The standard InChI is InChI=1S/C24H18O3S/c25-19-11-13-20(14-12-19)28(27)22-16-15-21(26)23(17-7-3-1-4-8-17)24(22)18-9-5-2-6-10-18/h1-16,25-26H. The van der Waals surface area contributed by atoms with E-state index >= 15 is 0 Å². The minimum absolute atomic E-state index is 0.125. The molecule has 4 rings (SSSR count). The topological polar surface area (TPSA) is 63.5 Å². The third-order valence-corrected chi connectivity index (χ3v) is 5.96. The minimum atomic E-state index is -1.48. The smallest absolute Gasteiger partial charge is 0.167 e. The van der Waals surface area contributed by atoms with Gasteiger partial charge in [0.25, 0.3) is 0 Å². The summed E-state index contributed by atoms with van der Waals surface area (Å²) >= 11 is -1.48. The number of phenolic OH excluding ortho intramolecular Hbond substituents is 2. The highest BCUT2D eigenvalue weighted by Crippen LogP contribution is 2.44. The lowest BCUT2D eigenvalue weighted by molar-refractivity contribution is 0.474. The van der Waals surface area contributed by atoms with Crippen molar-refractivity contribution in [2.24, 2.45) is 0 Å². The Hall–Kier alpha value is -3.21. The van der Waals surface area contributed by atoms with E-state index in [2.05, 4.69) is 0 Å². The van der Waals surface area contributed by atoms with Gasteiger partial charge < -0.3 is 14.8 Å². The van der Waals surface area contributed by atoms with Crippen molar-refractivity contribution >= 4 is 11.2 Å². The molecule has 0 bridgehead atoms. The lowest BCUT2D eigenvalue weighted by atomic mass is 9.93. The van der Waals surface area contributed by atoms with Crippen LogP contribution >= 0.6 is 0 Å². The number of benzene rings is 4. The van der Waals surface area contributed by atoms with Gasteiger partial charge in [0.1, 0.15) is 11.5 Å². The van der Waals surface area contributed by atoms with E-state index in [0.717, 1.165) is 16.7 Å². The Morgan fingerprint density at radius 3 is 1.68 bits per heavy atom. The first-order valence-electron chi connectivity index (χ1n) is 8.83. The van der Waals surface area contributed by atoms with Crippen LogP contribution in [0.25, 0.3) is 22.3 Å². The zero-order valence-electron chi connectivity index (χ0n) is 14.9. The van der Waals surface area contributed by atoms with Crippen LogP contribution in [0.3, 0.4) is 0 Å². The van der Waals surface area contributed by atoms with Crippen LogP contribution < -0.4 is 0 Å². The van der Waals surface area contributed by atoms with E-state index < -0.39 is 11.2 Å². The first kappa shape index (κ1) is 18.2. The highest BCUT2D eigenvalue weighted by atomic mass is 32.2. The van der Waals surface area contributed by atoms with Crippen LogP contribution in [0.5, 0.6) is 11.5 Å². The van der Waals surface area contributed by atoms with Gasteiger partial charge in [-0.25, -0.2) is 0 Å². The largest absolute Gasteiger partial charge is 0.606 e. The number of rotatable bonds is 4. The quantitative estimate of drug-likeness (QED) is 0.449. The molecule has 28 heavy (non-hydrogen) atoms. The van der Waals surface area contributed by atoms with Crippen molar-refractivity contribution in [3.05, 3.63) is 97.1 Å². The minimum Gasteiger partial charge on any atom is -0.606 e. The summed E-state index contributed by atoms with van der Waals surface area (Å²) in [5.74, 6) is 0.260. The second-order valence-corrected chi connectivity index (χ2v) is 7.78.